The van der Waals surface area contributed by atoms with Gasteiger partial charge in [-0.25, -0.2) is 0 Å². The van der Waals surface area contributed by atoms with E-state index in [-0.39, 0.29) is 18.3 Å². The van der Waals surface area contributed by atoms with E-state index in [4.69, 9.17) is 4.74 Å². The zero-order valence-electron chi connectivity index (χ0n) is 12.3. The van der Waals surface area contributed by atoms with Crippen LogP contribution in [-0.4, -0.2) is 32.1 Å². The second kappa shape index (κ2) is 11.6. The SMILES string of the molecule is CCCNCCNC(=O)CCOc1cccc(C)c1.Cl. The first-order valence-corrected chi connectivity index (χ1v) is 6.89. The number of hydrogen-bond acceptors (Lipinski definition) is 3. The standard InChI is InChI=1S/C15H24N2O2.ClH/c1-3-8-16-9-10-17-15(18)7-11-19-14-6-4-5-13(2)12-14;/h4-6,12,16H,3,7-11H2,1-2H3,(H,17,18);1H. The highest BCUT2D eigenvalue weighted by Crippen LogP contribution is 2.12. The lowest BCUT2D eigenvalue weighted by Crippen LogP contribution is -2.32. The third-order valence-corrected chi connectivity index (χ3v) is 2.64. The number of hydrogen-bond donors (Lipinski definition) is 2. The minimum absolute atomic E-state index is 0. The first-order valence-electron chi connectivity index (χ1n) is 6.89. The van der Waals surface area contributed by atoms with E-state index in [0.717, 1.165) is 30.8 Å². The van der Waals surface area contributed by atoms with Gasteiger partial charge < -0.3 is 15.4 Å². The van der Waals surface area contributed by atoms with Gasteiger partial charge in [-0.3, -0.25) is 4.79 Å². The molecule has 20 heavy (non-hydrogen) atoms. The van der Waals surface area contributed by atoms with Gasteiger partial charge in [0.15, 0.2) is 0 Å². The maximum absolute atomic E-state index is 11.5. The maximum Gasteiger partial charge on any atom is 0.223 e. The molecule has 114 valence electrons. The number of benzene rings is 1. The fraction of sp³-hybridized carbons (Fsp3) is 0.533. The van der Waals surface area contributed by atoms with E-state index >= 15 is 0 Å². The van der Waals surface area contributed by atoms with E-state index in [0.29, 0.717) is 19.6 Å². The molecule has 0 aromatic heterocycles. The molecule has 1 amide bonds. The van der Waals surface area contributed by atoms with Crippen LogP contribution in [0.5, 0.6) is 5.75 Å². The van der Waals surface area contributed by atoms with Gasteiger partial charge in [-0.1, -0.05) is 19.1 Å². The lowest BCUT2D eigenvalue weighted by Gasteiger charge is -2.08. The molecule has 0 aliphatic carbocycles. The topological polar surface area (TPSA) is 50.4 Å². The van der Waals surface area contributed by atoms with Crippen molar-refractivity contribution in [3.63, 3.8) is 0 Å². The van der Waals surface area contributed by atoms with Crippen molar-refractivity contribution in [3.8, 4) is 5.75 Å². The van der Waals surface area contributed by atoms with Gasteiger partial charge in [0, 0.05) is 13.1 Å². The summed E-state index contributed by atoms with van der Waals surface area (Å²) in [6, 6.07) is 7.83. The monoisotopic (exact) mass is 300 g/mol. The van der Waals surface area contributed by atoms with Crippen LogP contribution in [0, 0.1) is 6.92 Å². The molecule has 0 spiro atoms. The Balaban J connectivity index is 0.00000361. The normalized spacial score (nSPS) is 9.70. The van der Waals surface area contributed by atoms with E-state index in [2.05, 4.69) is 17.6 Å². The van der Waals surface area contributed by atoms with E-state index in [1.54, 1.807) is 0 Å². The first kappa shape index (κ1) is 18.7. The lowest BCUT2D eigenvalue weighted by molar-refractivity contribution is -0.121. The Morgan fingerprint density at radius 3 is 2.75 bits per heavy atom. The molecular weight excluding hydrogens is 276 g/mol. The molecule has 1 rings (SSSR count). The minimum atomic E-state index is 0. The van der Waals surface area contributed by atoms with Crippen molar-refractivity contribution < 1.29 is 9.53 Å². The van der Waals surface area contributed by atoms with Crippen molar-refractivity contribution in [1.82, 2.24) is 10.6 Å². The number of amides is 1. The molecule has 5 heteroatoms. The van der Waals surface area contributed by atoms with E-state index in [1.807, 2.05) is 31.2 Å². The summed E-state index contributed by atoms with van der Waals surface area (Å²) in [5, 5.41) is 6.09. The number of carbonyl (C=O) groups excluding carboxylic acids is 1. The Labute approximate surface area is 127 Å². The highest BCUT2D eigenvalue weighted by Gasteiger charge is 2.01. The molecule has 1 aromatic carbocycles. The molecule has 2 N–H and O–H groups in total. The number of halogens is 1. The highest BCUT2D eigenvalue weighted by molar-refractivity contribution is 5.85. The van der Waals surface area contributed by atoms with E-state index < -0.39 is 0 Å². The van der Waals surface area contributed by atoms with Crippen molar-refractivity contribution >= 4 is 18.3 Å². The average Bonchev–Trinajstić information content (AvgIpc) is 2.38. The van der Waals surface area contributed by atoms with Crippen LogP contribution in [0.2, 0.25) is 0 Å². The molecule has 0 saturated heterocycles. The summed E-state index contributed by atoms with van der Waals surface area (Å²) < 4.78 is 5.53. The summed E-state index contributed by atoms with van der Waals surface area (Å²) in [6.07, 6.45) is 1.50. The van der Waals surface area contributed by atoms with Gasteiger partial charge in [0.05, 0.1) is 13.0 Å². The van der Waals surface area contributed by atoms with Crippen LogP contribution in [0.25, 0.3) is 0 Å². The third kappa shape index (κ3) is 8.77. The second-order valence-corrected chi connectivity index (χ2v) is 4.51. The van der Waals surface area contributed by atoms with Crippen molar-refractivity contribution in [2.45, 2.75) is 26.7 Å². The van der Waals surface area contributed by atoms with Gasteiger partial charge in [-0.2, -0.15) is 0 Å². The van der Waals surface area contributed by atoms with Gasteiger partial charge in [0.1, 0.15) is 5.75 Å². The van der Waals surface area contributed by atoms with Crippen LogP contribution in [0.1, 0.15) is 25.3 Å². The van der Waals surface area contributed by atoms with Crippen LogP contribution in [0.3, 0.4) is 0 Å². The summed E-state index contributed by atoms with van der Waals surface area (Å²) in [4.78, 5) is 11.5. The van der Waals surface area contributed by atoms with Crippen molar-refractivity contribution in [3.05, 3.63) is 29.8 Å². The fourth-order valence-corrected chi connectivity index (χ4v) is 1.65. The first-order chi connectivity index (χ1) is 9.22. The van der Waals surface area contributed by atoms with Gasteiger partial charge in [-0.05, 0) is 37.6 Å². The molecule has 0 saturated carbocycles. The molecular formula is C15H25ClN2O2. The summed E-state index contributed by atoms with van der Waals surface area (Å²) in [7, 11) is 0. The minimum Gasteiger partial charge on any atom is -0.493 e. The van der Waals surface area contributed by atoms with Crippen LogP contribution in [-0.2, 0) is 4.79 Å². The number of aryl methyl sites for hydroxylation is 1. The zero-order chi connectivity index (χ0) is 13.9. The van der Waals surface area contributed by atoms with Crippen molar-refractivity contribution in [2.24, 2.45) is 0 Å². The summed E-state index contributed by atoms with van der Waals surface area (Å²) in [5.74, 6) is 0.850. The van der Waals surface area contributed by atoms with Gasteiger partial charge in [0.25, 0.3) is 0 Å². The number of rotatable bonds is 9. The van der Waals surface area contributed by atoms with Crippen LogP contribution < -0.4 is 15.4 Å². The zero-order valence-corrected chi connectivity index (χ0v) is 13.1. The summed E-state index contributed by atoms with van der Waals surface area (Å²) in [6.45, 7) is 7.03. The summed E-state index contributed by atoms with van der Waals surface area (Å²) >= 11 is 0. The molecule has 0 aliphatic rings. The smallest absolute Gasteiger partial charge is 0.223 e. The van der Waals surface area contributed by atoms with Crippen molar-refractivity contribution in [2.75, 3.05) is 26.2 Å². The average molecular weight is 301 g/mol. The Morgan fingerprint density at radius 1 is 1.25 bits per heavy atom. The Morgan fingerprint density at radius 2 is 2.05 bits per heavy atom. The van der Waals surface area contributed by atoms with Crippen molar-refractivity contribution in [1.29, 1.82) is 0 Å². The molecule has 0 aliphatic heterocycles. The predicted molar refractivity (Wildman–Crippen MR) is 84.7 cm³/mol. The van der Waals surface area contributed by atoms with Crippen LogP contribution in [0.15, 0.2) is 24.3 Å². The second-order valence-electron chi connectivity index (χ2n) is 4.51. The largest absolute Gasteiger partial charge is 0.493 e. The van der Waals surface area contributed by atoms with E-state index in [1.165, 1.54) is 0 Å². The van der Waals surface area contributed by atoms with Crippen LogP contribution in [0.4, 0.5) is 0 Å². The van der Waals surface area contributed by atoms with Crippen LogP contribution >= 0.6 is 12.4 Å². The van der Waals surface area contributed by atoms with Gasteiger partial charge in [-0.15, -0.1) is 12.4 Å². The molecule has 0 fully saturated rings. The lowest BCUT2D eigenvalue weighted by atomic mass is 10.2. The van der Waals surface area contributed by atoms with Gasteiger partial charge in [0.2, 0.25) is 5.91 Å². The third-order valence-electron chi connectivity index (χ3n) is 2.64. The molecule has 4 nitrogen and oxygen atoms in total. The molecule has 0 heterocycles. The Kier molecular flexibility index (Phi) is 10.8. The number of ether oxygens (including phenoxy) is 1. The predicted octanol–water partition coefficient (Wildman–Crippen LogP) is 2.30. The molecule has 0 atom stereocenters. The quantitative estimate of drug-likeness (QED) is 0.688. The maximum atomic E-state index is 11.5. The Bertz CT molecular complexity index is 386. The summed E-state index contributed by atoms with van der Waals surface area (Å²) in [5.41, 5.74) is 1.16. The number of carbonyl (C=O) groups is 1. The number of nitrogens with one attached hydrogen (secondary N) is 2. The molecule has 0 bridgehead atoms. The van der Waals surface area contributed by atoms with E-state index in [9.17, 15) is 4.79 Å². The Hall–Kier alpha value is -1.26. The van der Waals surface area contributed by atoms with Gasteiger partial charge >= 0.3 is 0 Å². The molecule has 0 radical (unpaired) electrons. The highest BCUT2D eigenvalue weighted by atomic mass is 35.5. The molecule has 0 unspecified atom stereocenters. The molecule has 1 aromatic rings. The fourth-order valence-electron chi connectivity index (χ4n) is 1.65.